The lowest BCUT2D eigenvalue weighted by molar-refractivity contribution is -0.143. The normalized spacial score (nSPS) is 12.2. The summed E-state index contributed by atoms with van der Waals surface area (Å²) in [5.74, 6) is -0.0241. The number of nitrogens with one attached hydrogen (secondary N) is 1. The van der Waals surface area contributed by atoms with Crippen molar-refractivity contribution in [2.75, 3.05) is 6.61 Å². The molecule has 0 unspecified atom stereocenters. The number of benzene rings is 3. The highest BCUT2D eigenvalue weighted by atomic mass is 35.5. The zero-order valence-corrected chi connectivity index (χ0v) is 24.1. The minimum absolute atomic E-state index is 0.00774. The predicted octanol–water partition coefficient (Wildman–Crippen LogP) is 6.83. The zero-order valence-electron chi connectivity index (χ0n) is 22.6. The molecule has 202 valence electrons. The Bertz CT molecular complexity index is 1200. The maximum absolute atomic E-state index is 13.7. The Morgan fingerprint density at radius 1 is 0.895 bits per heavy atom. The van der Waals surface area contributed by atoms with Crippen molar-refractivity contribution in [2.24, 2.45) is 0 Å². The molecular weight excluding hydrogens is 519 g/mol. The first-order chi connectivity index (χ1) is 18.0. The first-order valence-electron chi connectivity index (χ1n) is 12.8. The first-order valence-corrected chi connectivity index (χ1v) is 13.5. The van der Waals surface area contributed by atoms with Gasteiger partial charge in [0.05, 0.1) is 0 Å². The fraction of sp³-hybridized carbons (Fsp3) is 0.355. The molecule has 2 amide bonds. The Morgan fingerprint density at radius 2 is 1.50 bits per heavy atom. The summed E-state index contributed by atoms with van der Waals surface area (Å²) in [7, 11) is 0. The minimum Gasteiger partial charge on any atom is -0.484 e. The van der Waals surface area contributed by atoms with Gasteiger partial charge in [0.2, 0.25) is 5.91 Å². The van der Waals surface area contributed by atoms with Crippen LogP contribution in [0.15, 0.2) is 72.8 Å². The number of ether oxygens (including phenoxy) is 1. The lowest BCUT2D eigenvalue weighted by Crippen LogP contribution is -2.52. The van der Waals surface area contributed by atoms with E-state index < -0.39 is 6.04 Å². The van der Waals surface area contributed by atoms with E-state index in [1.54, 1.807) is 18.2 Å². The van der Waals surface area contributed by atoms with E-state index in [9.17, 15) is 9.59 Å². The zero-order chi connectivity index (χ0) is 27.9. The molecular formula is C31H36Cl2N2O3. The predicted molar refractivity (Wildman–Crippen MR) is 155 cm³/mol. The molecule has 1 atom stereocenters. The summed E-state index contributed by atoms with van der Waals surface area (Å²) in [5.41, 5.74) is 2.68. The van der Waals surface area contributed by atoms with Crippen molar-refractivity contribution in [3.8, 4) is 5.75 Å². The van der Waals surface area contributed by atoms with Crippen LogP contribution in [0.3, 0.4) is 0 Å². The average molecular weight is 556 g/mol. The van der Waals surface area contributed by atoms with Gasteiger partial charge >= 0.3 is 0 Å². The van der Waals surface area contributed by atoms with E-state index >= 15 is 0 Å². The lowest BCUT2D eigenvalue weighted by atomic mass is 9.87. The Hall–Kier alpha value is -3.02. The van der Waals surface area contributed by atoms with Crippen LogP contribution < -0.4 is 10.1 Å². The average Bonchev–Trinajstić information content (AvgIpc) is 2.86. The highest BCUT2D eigenvalue weighted by molar-refractivity contribution is 6.36. The third-order valence-electron chi connectivity index (χ3n) is 6.17. The molecule has 0 saturated heterocycles. The van der Waals surface area contributed by atoms with Crippen LogP contribution >= 0.6 is 23.2 Å². The molecule has 0 aliphatic rings. The van der Waals surface area contributed by atoms with Gasteiger partial charge in [-0.3, -0.25) is 9.59 Å². The van der Waals surface area contributed by atoms with E-state index in [1.165, 1.54) is 10.5 Å². The third kappa shape index (κ3) is 8.24. The van der Waals surface area contributed by atoms with Crippen molar-refractivity contribution in [1.29, 1.82) is 0 Å². The van der Waals surface area contributed by atoms with Crippen molar-refractivity contribution >= 4 is 35.0 Å². The molecule has 3 rings (SSSR count). The molecule has 38 heavy (non-hydrogen) atoms. The van der Waals surface area contributed by atoms with E-state index in [0.717, 1.165) is 5.56 Å². The van der Waals surface area contributed by atoms with E-state index in [1.807, 2.05) is 68.4 Å². The van der Waals surface area contributed by atoms with Gasteiger partial charge in [0.15, 0.2) is 6.61 Å². The number of halogens is 2. The van der Waals surface area contributed by atoms with Crippen LogP contribution in [0.25, 0.3) is 0 Å². The van der Waals surface area contributed by atoms with Gasteiger partial charge in [-0.05, 0) is 54.7 Å². The molecule has 0 saturated carbocycles. The summed E-state index contributed by atoms with van der Waals surface area (Å²) in [6.45, 7) is 10.0. The molecule has 0 radical (unpaired) electrons. The van der Waals surface area contributed by atoms with Gasteiger partial charge in [-0.1, -0.05) is 92.5 Å². The van der Waals surface area contributed by atoms with Gasteiger partial charge in [-0.15, -0.1) is 0 Å². The summed E-state index contributed by atoms with van der Waals surface area (Å²) >= 11 is 13.0. The van der Waals surface area contributed by atoms with Crippen molar-refractivity contribution in [1.82, 2.24) is 10.2 Å². The van der Waals surface area contributed by atoms with E-state index in [4.69, 9.17) is 27.9 Å². The van der Waals surface area contributed by atoms with E-state index in [-0.39, 0.29) is 36.4 Å². The number of hydrogen-bond donors (Lipinski definition) is 1. The number of carbonyl (C=O) groups excluding carboxylic acids is 2. The number of hydrogen-bond acceptors (Lipinski definition) is 3. The molecule has 3 aromatic rings. The van der Waals surface area contributed by atoms with Gasteiger partial charge < -0.3 is 15.0 Å². The fourth-order valence-corrected chi connectivity index (χ4v) is 4.58. The van der Waals surface area contributed by atoms with Crippen LogP contribution in [0.5, 0.6) is 5.75 Å². The van der Waals surface area contributed by atoms with Gasteiger partial charge in [0.25, 0.3) is 5.91 Å². The molecule has 0 heterocycles. The van der Waals surface area contributed by atoms with Crippen LogP contribution in [0, 0.1) is 0 Å². The monoisotopic (exact) mass is 554 g/mol. The fourth-order valence-electron chi connectivity index (χ4n) is 4.07. The van der Waals surface area contributed by atoms with Crippen molar-refractivity contribution in [3.63, 3.8) is 0 Å². The first kappa shape index (κ1) is 29.5. The molecule has 5 nitrogen and oxygen atoms in total. The van der Waals surface area contributed by atoms with Gasteiger partial charge in [0.1, 0.15) is 11.8 Å². The SMILES string of the molecule is CC(C)NC(=O)[C@H](Cc1ccccc1)N(Cc1c(Cl)cccc1Cl)C(=O)COc1ccc(C(C)(C)C)cc1. The summed E-state index contributed by atoms with van der Waals surface area (Å²) in [6.07, 6.45) is 0.327. The van der Waals surface area contributed by atoms with E-state index in [2.05, 4.69) is 26.1 Å². The molecule has 7 heteroatoms. The Kier molecular flexibility index (Phi) is 10.2. The van der Waals surface area contributed by atoms with Crippen molar-refractivity contribution in [3.05, 3.63) is 99.5 Å². The van der Waals surface area contributed by atoms with Gasteiger partial charge in [0, 0.05) is 34.6 Å². The summed E-state index contributed by atoms with van der Waals surface area (Å²) < 4.78 is 5.89. The van der Waals surface area contributed by atoms with Gasteiger partial charge in [-0.2, -0.15) is 0 Å². The molecule has 0 bridgehead atoms. The third-order valence-corrected chi connectivity index (χ3v) is 6.88. The van der Waals surface area contributed by atoms with Crippen LogP contribution in [-0.4, -0.2) is 35.4 Å². The topological polar surface area (TPSA) is 58.6 Å². The summed E-state index contributed by atoms with van der Waals surface area (Å²) in [4.78, 5) is 28.7. The number of rotatable bonds is 10. The molecule has 0 spiro atoms. The second-order valence-electron chi connectivity index (χ2n) is 10.7. The largest absolute Gasteiger partial charge is 0.484 e. The molecule has 0 aromatic heterocycles. The maximum atomic E-state index is 13.7. The second kappa shape index (κ2) is 13.2. The highest BCUT2D eigenvalue weighted by Gasteiger charge is 2.32. The van der Waals surface area contributed by atoms with Crippen molar-refractivity contribution < 1.29 is 14.3 Å². The summed E-state index contributed by atoms with van der Waals surface area (Å²) in [6, 6.07) is 21.6. The quantitative estimate of drug-likeness (QED) is 0.298. The Labute approximate surface area is 236 Å². The van der Waals surface area contributed by atoms with Crippen molar-refractivity contribution in [2.45, 2.75) is 65.1 Å². The Balaban J connectivity index is 1.92. The molecule has 0 aliphatic carbocycles. The van der Waals surface area contributed by atoms with Crippen LogP contribution in [-0.2, 0) is 28.0 Å². The number of amides is 2. The minimum atomic E-state index is -0.800. The molecule has 3 aromatic carbocycles. The smallest absolute Gasteiger partial charge is 0.261 e. The molecule has 0 aliphatic heterocycles. The molecule has 0 fully saturated rings. The second-order valence-corrected chi connectivity index (χ2v) is 11.5. The highest BCUT2D eigenvalue weighted by Crippen LogP contribution is 2.28. The molecule has 1 N–H and O–H groups in total. The van der Waals surface area contributed by atoms with Gasteiger partial charge in [-0.25, -0.2) is 0 Å². The van der Waals surface area contributed by atoms with Crippen LogP contribution in [0.4, 0.5) is 0 Å². The van der Waals surface area contributed by atoms with E-state index in [0.29, 0.717) is 27.8 Å². The number of nitrogens with zero attached hydrogens (tertiary/aromatic N) is 1. The lowest BCUT2D eigenvalue weighted by Gasteiger charge is -2.32. The van der Waals surface area contributed by atoms with Crippen LogP contribution in [0.1, 0.15) is 51.3 Å². The van der Waals surface area contributed by atoms with Crippen LogP contribution in [0.2, 0.25) is 10.0 Å². The summed E-state index contributed by atoms with van der Waals surface area (Å²) in [5, 5.41) is 3.82. The standard InChI is InChI=1S/C31H36Cl2N2O3/c1-21(2)34-30(37)28(18-22-10-7-6-8-11-22)35(19-25-26(32)12-9-13-27(25)33)29(36)20-38-24-16-14-23(15-17-24)31(3,4)5/h6-17,21,28H,18-20H2,1-5H3,(H,34,37)/t28-/m0/s1. The maximum Gasteiger partial charge on any atom is 0.261 e. The Morgan fingerprint density at radius 3 is 2.05 bits per heavy atom. The number of carbonyl (C=O) groups is 2.